The van der Waals surface area contributed by atoms with Gasteiger partial charge in [-0.2, -0.15) is 0 Å². The van der Waals surface area contributed by atoms with E-state index in [1.807, 2.05) is 6.92 Å². The molecule has 0 bridgehead atoms. The molecular formula is C10H15N3O2. The van der Waals surface area contributed by atoms with Crippen LogP contribution in [-0.2, 0) is 0 Å². The minimum Gasteiger partial charge on any atom is -0.395 e. The van der Waals surface area contributed by atoms with Crippen molar-refractivity contribution in [2.45, 2.75) is 6.92 Å². The van der Waals surface area contributed by atoms with E-state index >= 15 is 0 Å². The van der Waals surface area contributed by atoms with Crippen molar-refractivity contribution >= 4 is 11.6 Å². The number of aliphatic hydroxyl groups is 1. The number of anilines is 1. The molecule has 0 atom stereocenters. The van der Waals surface area contributed by atoms with E-state index in [0.717, 1.165) is 5.69 Å². The highest BCUT2D eigenvalue weighted by atomic mass is 16.3. The Kier molecular flexibility index (Phi) is 4.56. The normalized spacial score (nSPS) is 9.73. The minimum atomic E-state index is -0.190. The van der Waals surface area contributed by atoms with Crippen LogP contribution in [0.4, 0.5) is 5.69 Å². The lowest BCUT2D eigenvalue weighted by atomic mass is 10.3. The van der Waals surface area contributed by atoms with E-state index < -0.39 is 0 Å². The largest absolute Gasteiger partial charge is 0.395 e. The van der Waals surface area contributed by atoms with E-state index in [2.05, 4.69) is 15.6 Å². The number of aliphatic hydroxyl groups excluding tert-OH is 1. The summed E-state index contributed by atoms with van der Waals surface area (Å²) in [6, 6.07) is 3.40. The number of hydrogen-bond acceptors (Lipinski definition) is 4. The molecule has 0 radical (unpaired) electrons. The minimum absolute atomic E-state index is 0.0544. The number of hydrogen-bond donors (Lipinski definition) is 3. The number of carbonyl (C=O) groups excluding carboxylic acids is 1. The predicted octanol–water partition coefficient (Wildman–Crippen LogP) is 0.235. The number of pyridine rings is 1. The third-order valence-corrected chi connectivity index (χ3v) is 1.77. The molecule has 0 aliphatic heterocycles. The van der Waals surface area contributed by atoms with E-state index in [4.69, 9.17) is 5.11 Å². The van der Waals surface area contributed by atoms with Gasteiger partial charge >= 0.3 is 0 Å². The molecule has 3 N–H and O–H groups in total. The summed E-state index contributed by atoms with van der Waals surface area (Å²) in [6.07, 6.45) is 1.56. The van der Waals surface area contributed by atoms with Crippen molar-refractivity contribution < 1.29 is 9.90 Å². The summed E-state index contributed by atoms with van der Waals surface area (Å²) in [5.41, 5.74) is 1.15. The maximum Gasteiger partial charge on any atom is 0.269 e. The summed E-state index contributed by atoms with van der Waals surface area (Å²) in [7, 11) is 0. The second-order valence-electron chi connectivity index (χ2n) is 2.94. The molecule has 1 heterocycles. The zero-order valence-corrected chi connectivity index (χ0v) is 8.66. The van der Waals surface area contributed by atoms with E-state index in [1.54, 1.807) is 18.3 Å². The molecule has 5 nitrogen and oxygen atoms in total. The molecule has 1 aromatic heterocycles. The number of nitrogens with zero attached hydrogens (tertiary/aromatic N) is 1. The SMILES string of the molecule is CCNC(=O)c1cc(NCCO)ccn1. The van der Waals surface area contributed by atoms with Crippen LogP contribution in [0.25, 0.3) is 0 Å². The van der Waals surface area contributed by atoms with Crippen molar-refractivity contribution in [2.24, 2.45) is 0 Å². The molecule has 0 aliphatic rings. The smallest absolute Gasteiger partial charge is 0.269 e. The van der Waals surface area contributed by atoms with Crippen molar-refractivity contribution in [3.63, 3.8) is 0 Å². The number of amides is 1. The predicted molar refractivity (Wildman–Crippen MR) is 57.8 cm³/mol. The van der Waals surface area contributed by atoms with Gasteiger partial charge in [0.05, 0.1) is 6.61 Å². The first-order valence-corrected chi connectivity index (χ1v) is 4.87. The van der Waals surface area contributed by atoms with Crippen LogP contribution in [0.5, 0.6) is 0 Å². The summed E-state index contributed by atoms with van der Waals surface area (Å²) in [5.74, 6) is -0.190. The highest BCUT2D eigenvalue weighted by Gasteiger charge is 2.05. The number of aromatic nitrogens is 1. The van der Waals surface area contributed by atoms with Gasteiger partial charge in [-0.05, 0) is 19.1 Å². The first-order chi connectivity index (χ1) is 7.27. The molecule has 1 aromatic rings. The van der Waals surface area contributed by atoms with Crippen molar-refractivity contribution in [1.82, 2.24) is 10.3 Å². The Morgan fingerprint density at radius 1 is 1.60 bits per heavy atom. The Labute approximate surface area is 88.5 Å². The van der Waals surface area contributed by atoms with Gasteiger partial charge in [-0.25, -0.2) is 0 Å². The van der Waals surface area contributed by atoms with E-state index in [-0.39, 0.29) is 12.5 Å². The van der Waals surface area contributed by atoms with Crippen LogP contribution in [0, 0.1) is 0 Å². The summed E-state index contributed by atoms with van der Waals surface area (Å²) in [6.45, 7) is 2.94. The first-order valence-electron chi connectivity index (χ1n) is 4.87. The van der Waals surface area contributed by atoms with Gasteiger partial charge in [0, 0.05) is 25.0 Å². The molecule has 1 rings (SSSR count). The Morgan fingerprint density at radius 2 is 2.40 bits per heavy atom. The van der Waals surface area contributed by atoms with Crippen LogP contribution in [0.3, 0.4) is 0 Å². The van der Waals surface area contributed by atoms with Crippen LogP contribution in [-0.4, -0.2) is 35.7 Å². The van der Waals surface area contributed by atoms with Crippen molar-refractivity contribution in [3.8, 4) is 0 Å². The summed E-state index contributed by atoms with van der Waals surface area (Å²) in [5, 5.41) is 14.3. The maximum atomic E-state index is 11.4. The van der Waals surface area contributed by atoms with Gasteiger partial charge in [0.25, 0.3) is 5.91 Å². The average Bonchev–Trinajstić information content (AvgIpc) is 2.27. The van der Waals surface area contributed by atoms with E-state index in [1.165, 1.54) is 0 Å². The third kappa shape index (κ3) is 3.55. The number of nitrogens with one attached hydrogen (secondary N) is 2. The molecule has 0 saturated heterocycles. The van der Waals surface area contributed by atoms with Crippen LogP contribution >= 0.6 is 0 Å². The zero-order valence-electron chi connectivity index (χ0n) is 8.66. The van der Waals surface area contributed by atoms with Crippen LogP contribution in [0.15, 0.2) is 18.3 Å². The van der Waals surface area contributed by atoms with Gasteiger partial charge < -0.3 is 15.7 Å². The van der Waals surface area contributed by atoms with Gasteiger partial charge in [-0.15, -0.1) is 0 Å². The van der Waals surface area contributed by atoms with Crippen LogP contribution in [0.2, 0.25) is 0 Å². The fourth-order valence-electron chi connectivity index (χ4n) is 1.12. The lowest BCUT2D eigenvalue weighted by molar-refractivity contribution is 0.0951. The van der Waals surface area contributed by atoms with Crippen molar-refractivity contribution in [2.75, 3.05) is 25.0 Å². The Balaban J connectivity index is 2.69. The Bertz CT molecular complexity index is 328. The summed E-state index contributed by atoms with van der Waals surface area (Å²) in [4.78, 5) is 15.4. The quantitative estimate of drug-likeness (QED) is 0.649. The molecule has 0 spiro atoms. The van der Waals surface area contributed by atoms with Crippen LogP contribution < -0.4 is 10.6 Å². The monoisotopic (exact) mass is 209 g/mol. The first kappa shape index (κ1) is 11.5. The lowest BCUT2D eigenvalue weighted by Gasteiger charge is -2.06. The third-order valence-electron chi connectivity index (χ3n) is 1.77. The highest BCUT2D eigenvalue weighted by Crippen LogP contribution is 2.07. The molecular weight excluding hydrogens is 194 g/mol. The number of carbonyl (C=O) groups is 1. The standard InChI is InChI=1S/C10H15N3O2/c1-2-11-10(15)9-7-8(3-4-13-9)12-5-6-14/h3-4,7,14H,2,5-6H2,1H3,(H,11,15)(H,12,13). The van der Waals surface area contributed by atoms with E-state index in [9.17, 15) is 4.79 Å². The molecule has 0 aromatic carbocycles. The van der Waals surface area contributed by atoms with Gasteiger partial charge in [0.2, 0.25) is 0 Å². The van der Waals surface area contributed by atoms with E-state index in [0.29, 0.717) is 18.8 Å². The van der Waals surface area contributed by atoms with Crippen LogP contribution in [0.1, 0.15) is 17.4 Å². The summed E-state index contributed by atoms with van der Waals surface area (Å²) < 4.78 is 0. The molecule has 0 fully saturated rings. The molecule has 1 amide bonds. The van der Waals surface area contributed by atoms with Gasteiger partial charge in [0.1, 0.15) is 5.69 Å². The number of rotatable bonds is 5. The second kappa shape index (κ2) is 5.98. The van der Waals surface area contributed by atoms with Crippen molar-refractivity contribution in [1.29, 1.82) is 0 Å². The summed E-state index contributed by atoms with van der Waals surface area (Å²) >= 11 is 0. The molecule has 82 valence electrons. The maximum absolute atomic E-state index is 11.4. The molecule has 5 heteroatoms. The van der Waals surface area contributed by atoms with Gasteiger partial charge in [-0.1, -0.05) is 0 Å². The molecule has 15 heavy (non-hydrogen) atoms. The lowest BCUT2D eigenvalue weighted by Crippen LogP contribution is -2.23. The van der Waals surface area contributed by atoms with Gasteiger partial charge in [0.15, 0.2) is 0 Å². The Hall–Kier alpha value is -1.62. The molecule has 0 unspecified atom stereocenters. The molecule has 0 aliphatic carbocycles. The Morgan fingerprint density at radius 3 is 3.07 bits per heavy atom. The highest BCUT2D eigenvalue weighted by molar-refractivity contribution is 5.93. The zero-order chi connectivity index (χ0) is 11.1. The average molecular weight is 209 g/mol. The molecule has 0 saturated carbocycles. The topological polar surface area (TPSA) is 74.2 Å². The fraction of sp³-hybridized carbons (Fsp3) is 0.400. The van der Waals surface area contributed by atoms with Gasteiger partial charge in [-0.3, -0.25) is 9.78 Å². The fourth-order valence-corrected chi connectivity index (χ4v) is 1.12. The van der Waals surface area contributed by atoms with Crippen molar-refractivity contribution in [3.05, 3.63) is 24.0 Å². The second-order valence-corrected chi connectivity index (χ2v) is 2.94.